The fraction of sp³-hybridized carbons (Fsp3) is 0.143. The van der Waals surface area contributed by atoms with E-state index in [1.54, 1.807) is 0 Å². The van der Waals surface area contributed by atoms with Crippen molar-refractivity contribution in [1.29, 1.82) is 0 Å². The van der Waals surface area contributed by atoms with Crippen molar-refractivity contribution in [2.24, 2.45) is 27.2 Å². The number of hydrogen-bond donors (Lipinski definition) is 7. The van der Waals surface area contributed by atoms with E-state index < -0.39 is 11.9 Å². The Balaban J connectivity index is 2.96. The number of carboxylic acids is 2. The molecule has 1 aromatic carbocycles. The predicted molar refractivity (Wildman–Crippen MR) is 93.4 cm³/mol. The SMILES string of the molecule is C=C(N=C(N)N=C(N)Nc1cc(C(=O)O)cc(C(=O)O)c1)NCCN. The van der Waals surface area contributed by atoms with Gasteiger partial charge in [0.05, 0.1) is 11.1 Å². The number of rotatable bonds is 7. The summed E-state index contributed by atoms with van der Waals surface area (Å²) in [5.41, 5.74) is 16.2. The first-order valence-electron chi connectivity index (χ1n) is 6.92. The van der Waals surface area contributed by atoms with Crippen molar-refractivity contribution in [3.05, 3.63) is 41.7 Å². The second-order valence-electron chi connectivity index (χ2n) is 4.66. The van der Waals surface area contributed by atoms with Gasteiger partial charge in [0.2, 0.25) is 11.9 Å². The summed E-state index contributed by atoms with van der Waals surface area (Å²) in [5, 5.41) is 23.4. The average molecular weight is 349 g/mol. The predicted octanol–water partition coefficient (Wildman–Crippen LogP) is -0.856. The summed E-state index contributed by atoms with van der Waals surface area (Å²) in [5.74, 6) is -2.77. The molecule has 0 heterocycles. The van der Waals surface area contributed by atoms with Crippen molar-refractivity contribution in [1.82, 2.24) is 5.32 Å². The smallest absolute Gasteiger partial charge is 0.335 e. The summed E-state index contributed by atoms with van der Waals surface area (Å²) in [7, 11) is 0. The quantitative estimate of drug-likeness (QED) is 0.241. The molecule has 134 valence electrons. The van der Waals surface area contributed by atoms with Crippen LogP contribution in [0.3, 0.4) is 0 Å². The Hall–Kier alpha value is -3.60. The highest BCUT2D eigenvalue weighted by Crippen LogP contribution is 2.15. The molecular weight excluding hydrogens is 330 g/mol. The van der Waals surface area contributed by atoms with E-state index in [0.717, 1.165) is 6.07 Å². The van der Waals surface area contributed by atoms with Crippen molar-refractivity contribution >= 4 is 29.5 Å². The fourth-order valence-electron chi connectivity index (χ4n) is 1.67. The van der Waals surface area contributed by atoms with Gasteiger partial charge in [-0.3, -0.25) is 0 Å². The number of benzene rings is 1. The first-order valence-corrected chi connectivity index (χ1v) is 6.92. The topological polar surface area (TPSA) is 201 Å². The molecule has 1 aromatic rings. The zero-order valence-corrected chi connectivity index (χ0v) is 13.2. The minimum atomic E-state index is -1.29. The molecule has 0 fully saturated rings. The second kappa shape index (κ2) is 8.88. The summed E-state index contributed by atoms with van der Waals surface area (Å²) >= 11 is 0. The molecule has 10 N–H and O–H groups in total. The normalized spacial score (nSPS) is 11.7. The molecule has 0 aliphatic heterocycles. The highest BCUT2D eigenvalue weighted by molar-refractivity contribution is 6.02. The number of aromatic carboxylic acids is 2. The zero-order chi connectivity index (χ0) is 19.0. The third-order valence-corrected chi connectivity index (χ3v) is 2.66. The van der Waals surface area contributed by atoms with Crippen LogP contribution in [0, 0.1) is 0 Å². The van der Waals surface area contributed by atoms with Crippen molar-refractivity contribution in [2.75, 3.05) is 18.4 Å². The molecule has 0 aliphatic carbocycles. The molecule has 0 amide bonds. The molecule has 0 atom stereocenters. The second-order valence-corrected chi connectivity index (χ2v) is 4.66. The lowest BCUT2D eigenvalue weighted by atomic mass is 10.1. The van der Waals surface area contributed by atoms with Crippen molar-refractivity contribution in [2.45, 2.75) is 0 Å². The number of carbonyl (C=O) groups is 2. The van der Waals surface area contributed by atoms with Crippen LogP contribution in [-0.4, -0.2) is 47.2 Å². The first kappa shape index (κ1) is 19.4. The number of carboxylic acid groups (broad SMARTS) is 2. The van der Waals surface area contributed by atoms with Gasteiger partial charge < -0.3 is 38.0 Å². The van der Waals surface area contributed by atoms with Crippen LogP contribution >= 0.6 is 0 Å². The number of anilines is 1. The van der Waals surface area contributed by atoms with Gasteiger partial charge in [0.15, 0.2) is 0 Å². The van der Waals surface area contributed by atoms with Gasteiger partial charge in [-0.2, -0.15) is 9.98 Å². The molecule has 11 heteroatoms. The third-order valence-electron chi connectivity index (χ3n) is 2.66. The Morgan fingerprint density at radius 3 is 2.12 bits per heavy atom. The molecule has 0 unspecified atom stereocenters. The minimum absolute atomic E-state index is 0.117. The van der Waals surface area contributed by atoms with Crippen molar-refractivity contribution < 1.29 is 19.8 Å². The van der Waals surface area contributed by atoms with Gasteiger partial charge in [-0.15, -0.1) is 0 Å². The van der Waals surface area contributed by atoms with Crippen LogP contribution in [0.2, 0.25) is 0 Å². The molecule has 1 rings (SSSR count). The van der Waals surface area contributed by atoms with Gasteiger partial charge in [-0.05, 0) is 18.2 Å². The molecule has 11 nitrogen and oxygen atoms in total. The van der Waals surface area contributed by atoms with Crippen molar-refractivity contribution in [3.8, 4) is 0 Å². The molecule has 0 spiro atoms. The Morgan fingerprint density at radius 1 is 1.08 bits per heavy atom. The van der Waals surface area contributed by atoms with Crippen LogP contribution in [0.25, 0.3) is 0 Å². The lowest BCUT2D eigenvalue weighted by Crippen LogP contribution is -2.27. The molecule has 0 aromatic heterocycles. The highest BCUT2D eigenvalue weighted by Gasteiger charge is 2.12. The van der Waals surface area contributed by atoms with E-state index in [1.165, 1.54) is 12.1 Å². The number of hydrogen-bond acceptors (Lipinski definition) is 5. The van der Waals surface area contributed by atoms with E-state index in [1.807, 2.05) is 0 Å². The minimum Gasteiger partial charge on any atom is -0.478 e. The Labute approximate surface area is 142 Å². The Kier molecular flexibility index (Phi) is 6.91. The van der Waals surface area contributed by atoms with Crippen LogP contribution in [0.5, 0.6) is 0 Å². The number of guanidine groups is 2. The summed E-state index contributed by atoms with van der Waals surface area (Å²) in [6, 6.07) is 3.42. The molecule has 0 radical (unpaired) electrons. The number of nitrogens with one attached hydrogen (secondary N) is 2. The lowest BCUT2D eigenvalue weighted by Gasteiger charge is -2.08. The maximum absolute atomic E-state index is 11.1. The highest BCUT2D eigenvalue weighted by atomic mass is 16.4. The zero-order valence-electron chi connectivity index (χ0n) is 13.2. The van der Waals surface area contributed by atoms with Gasteiger partial charge in [0.25, 0.3) is 0 Å². The van der Waals surface area contributed by atoms with E-state index in [-0.39, 0.29) is 34.6 Å². The van der Waals surface area contributed by atoms with E-state index in [4.69, 9.17) is 27.4 Å². The maximum atomic E-state index is 11.1. The van der Waals surface area contributed by atoms with Gasteiger partial charge in [0.1, 0.15) is 5.82 Å². The number of aliphatic imine (C=N–C) groups is 2. The Morgan fingerprint density at radius 2 is 1.64 bits per heavy atom. The summed E-state index contributed by atoms with van der Waals surface area (Å²) in [6.45, 7) is 4.42. The molecule has 0 saturated carbocycles. The fourth-order valence-corrected chi connectivity index (χ4v) is 1.67. The molecule has 0 saturated heterocycles. The summed E-state index contributed by atoms with van der Waals surface area (Å²) < 4.78 is 0. The van der Waals surface area contributed by atoms with Crippen LogP contribution in [-0.2, 0) is 0 Å². The van der Waals surface area contributed by atoms with Crippen LogP contribution < -0.4 is 27.8 Å². The summed E-state index contributed by atoms with van der Waals surface area (Å²) in [4.78, 5) is 29.7. The van der Waals surface area contributed by atoms with E-state index in [0.29, 0.717) is 13.1 Å². The van der Waals surface area contributed by atoms with E-state index in [2.05, 4.69) is 27.2 Å². The van der Waals surface area contributed by atoms with Gasteiger partial charge in [0, 0.05) is 18.8 Å². The van der Waals surface area contributed by atoms with Crippen LogP contribution in [0.4, 0.5) is 5.69 Å². The van der Waals surface area contributed by atoms with E-state index >= 15 is 0 Å². The number of nitrogens with two attached hydrogens (primary N) is 3. The number of nitrogens with zero attached hydrogens (tertiary/aromatic N) is 2. The third kappa shape index (κ3) is 6.58. The van der Waals surface area contributed by atoms with Crippen LogP contribution in [0.15, 0.2) is 40.6 Å². The van der Waals surface area contributed by atoms with Crippen molar-refractivity contribution in [3.63, 3.8) is 0 Å². The first-order chi connectivity index (χ1) is 11.7. The molecule has 0 bridgehead atoms. The van der Waals surface area contributed by atoms with Gasteiger partial charge >= 0.3 is 11.9 Å². The maximum Gasteiger partial charge on any atom is 0.335 e. The summed E-state index contributed by atoms with van der Waals surface area (Å²) in [6.07, 6.45) is 0. The molecule has 25 heavy (non-hydrogen) atoms. The largest absolute Gasteiger partial charge is 0.478 e. The van der Waals surface area contributed by atoms with Crippen LogP contribution in [0.1, 0.15) is 20.7 Å². The monoisotopic (exact) mass is 349 g/mol. The van der Waals surface area contributed by atoms with Gasteiger partial charge in [-0.1, -0.05) is 6.58 Å². The standard InChI is InChI=1S/C14H19N7O4/c1-7(18-3-2-15)19-13(16)21-14(17)20-10-5-8(11(22)23)4-9(6-10)12(24)25/h4-6,18H,1-3,15H2,(H,22,23)(H,24,25)(H5,16,17,19,20,21). The Bertz CT molecular complexity index is 710. The molecular formula is C14H19N7O4. The van der Waals surface area contributed by atoms with E-state index in [9.17, 15) is 9.59 Å². The van der Waals surface area contributed by atoms with Gasteiger partial charge in [-0.25, -0.2) is 9.59 Å². The molecule has 0 aliphatic rings. The lowest BCUT2D eigenvalue weighted by molar-refractivity contribution is 0.0696. The average Bonchev–Trinajstić information content (AvgIpc) is 2.51.